The number of benzene rings is 3. The van der Waals surface area contributed by atoms with Crippen molar-refractivity contribution in [2.75, 3.05) is 11.8 Å². The van der Waals surface area contributed by atoms with Crippen LogP contribution in [-0.2, 0) is 16.2 Å². The molecule has 6 nitrogen and oxygen atoms in total. The summed E-state index contributed by atoms with van der Waals surface area (Å²) in [6.45, 7) is 1.79. The zero-order valence-corrected chi connectivity index (χ0v) is 17.7. The fraction of sp³-hybridized carbons (Fsp3) is 0.136. The number of sulfonamides is 1. The third-order valence-corrected chi connectivity index (χ3v) is 6.01. The number of nitrogens with one attached hydrogen (secondary N) is 1. The van der Waals surface area contributed by atoms with Gasteiger partial charge >= 0.3 is 12.1 Å². The van der Waals surface area contributed by atoms with Crippen molar-refractivity contribution in [1.29, 1.82) is 0 Å². The van der Waals surface area contributed by atoms with Crippen molar-refractivity contribution in [2.45, 2.75) is 18.0 Å². The van der Waals surface area contributed by atoms with E-state index in [2.05, 4.69) is 4.72 Å². The van der Waals surface area contributed by atoms with Crippen molar-refractivity contribution in [3.8, 4) is 16.9 Å². The Morgan fingerprint density at radius 3 is 2.34 bits per heavy atom. The van der Waals surface area contributed by atoms with E-state index in [1.807, 2.05) is 0 Å². The molecule has 3 aromatic carbocycles. The highest BCUT2D eigenvalue weighted by Crippen LogP contribution is 2.38. The average Bonchev–Trinajstić information content (AvgIpc) is 2.72. The number of anilines is 1. The van der Waals surface area contributed by atoms with E-state index in [0.29, 0.717) is 11.6 Å². The van der Waals surface area contributed by atoms with Crippen molar-refractivity contribution in [2.24, 2.45) is 0 Å². The second-order valence-corrected chi connectivity index (χ2v) is 8.55. The van der Waals surface area contributed by atoms with Gasteiger partial charge in [-0.05, 0) is 42.8 Å². The Morgan fingerprint density at radius 2 is 1.75 bits per heavy atom. The molecule has 3 rings (SSSR count). The summed E-state index contributed by atoms with van der Waals surface area (Å²) in [6.07, 6.45) is -4.70. The van der Waals surface area contributed by atoms with Crippen molar-refractivity contribution in [1.82, 2.24) is 0 Å². The van der Waals surface area contributed by atoms with Crippen LogP contribution in [0.5, 0.6) is 5.75 Å². The molecule has 0 atom stereocenters. The molecule has 0 amide bonds. The minimum absolute atomic E-state index is 0.161. The summed E-state index contributed by atoms with van der Waals surface area (Å²) >= 11 is 0. The summed E-state index contributed by atoms with van der Waals surface area (Å²) in [7, 11) is -3.33. The second-order valence-electron chi connectivity index (χ2n) is 6.90. The van der Waals surface area contributed by atoms with Crippen LogP contribution >= 0.6 is 0 Å². The molecule has 0 aliphatic rings. The predicted molar refractivity (Wildman–Crippen MR) is 112 cm³/mol. The Bertz CT molecular complexity index is 1290. The molecule has 0 aromatic heterocycles. The Hall–Kier alpha value is -3.53. The largest absolute Gasteiger partial charge is 0.495 e. The maximum absolute atomic E-state index is 13.3. The Morgan fingerprint density at radius 1 is 1.03 bits per heavy atom. The van der Waals surface area contributed by atoms with Gasteiger partial charge in [-0.3, -0.25) is 4.72 Å². The summed E-state index contributed by atoms with van der Waals surface area (Å²) in [5.41, 5.74) is -0.131. The molecular formula is C22H18F3NO5S. The normalized spacial score (nSPS) is 11.8. The number of hydrogen-bond acceptors (Lipinski definition) is 4. The number of halogens is 3. The fourth-order valence-electron chi connectivity index (χ4n) is 3.09. The zero-order chi connectivity index (χ0) is 23.7. The van der Waals surface area contributed by atoms with Crippen LogP contribution in [0.3, 0.4) is 0 Å². The molecule has 0 saturated heterocycles. The van der Waals surface area contributed by atoms with E-state index in [1.54, 1.807) is 31.2 Å². The number of hydrogen-bond donors (Lipinski definition) is 2. The first-order valence-corrected chi connectivity index (χ1v) is 10.6. The van der Waals surface area contributed by atoms with Crippen LogP contribution < -0.4 is 9.46 Å². The fourth-order valence-corrected chi connectivity index (χ4v) is 4.36. The molecule has 0 bridgehead atoms. The smallest absolute Gasteiger partial charge is 0.416 e. The third-order valence-electron chi connectivity index (χ3n) is 4.62. The number of rotatable bonds is 6. The van der Waals surface area contributed by atoms with Gasteiger partial charge in [0.15, 0.2) is 0 Å². The number of alkyl halides is 3. The van der Waals surface area contributed by atoms with Crippen LogP contribution in [0.1, 0.15) is 21.5 Å². The van der Waals surface area contributed by atoms with Gasteiger partial charge in [0.2, 0.25) is 0 Å². The Labute approximate surface area is 182 Å². The number of ether oxygens (including phenoxy) is 1. The van der Waals surface area contributed by atoms with Crippen molar-refractivity contribution in [3.05, 3.63) is 77.4 Å². The molecule has 3 aromatic rings. The molecule has 0 fully saturated rings. The van der Waals surface area contributed by atoms with E-state index in [-0.39, 0.29) is 22.6 Å². The molecule has 0 spiro atoms. The number of carboxylic acid groups (broad SMARTS) is 1. The number of aromatic carboxylic acids is 1. The first-order chi connectivity index (χ1) is 14.9. The molecule has 0 radical (unpaired) electrons. The van der Waals surface area contributed by atoms with E-state index in [4.69, 9.17) is 4.74 Å². The molecule has 168 valence electrons. The van der Waals surface area contributed by atoms with E-state index in [1.165, 1.54) is 13.2 Å². The minimum atomic E-state index is -4.70. The average molecular weight is 465 g/mol. The predicted octanol–water partition coefficient (Wildman–Crippen LogP) is 5.19. The van der Waals surface area contributed by atoms with Gasteiger partial charge in [0.05, 0.1) is 23.9 Å². The summed E-state index contributed by atoms with van der Waals surface area (Å²) in [5, 5.41) is 9.19. The summed E-state index contributed by atoms with van der Waals surface area (Å²) in [5.74, 6) is -1.53. The van der Waals surface area contributed by atoms with Crippen LogP contribution in [0.25, 0.3) is 11.1 Å². The monoisotopic (exact) mass is 465 g/mol. The van der Waals surface area contributed by atoms with E-state index in [9.17, 15) is 31.5 Å². The zero-order valence-electron chi connectivity index (χ0n) is 16.9. The van der Waals surface area contributed by atoms with Crippen LogP contribution in [0.2, 0.25) is 0 Å². The maximum atomic E-state index is 13.3. The lowest BCUT2D eigenvalue weighted by atomic mass is 10.00. The summed E-state index contributed by atoms with van der Waals surface area (Å²) in [4.78, 5) is 10.8. The molecule has 0 aliphatic heterocycles. The molecule has 32 heavy (non-hydrogen) atoms. The lowest BCUT2D eigenvalue weighted by Gasteiger charge is -2.17. The number of aryl methyl sites for hydroxylation is 1. The van der Waals surface area contributed by atoms with Crippen LogP contribution in [-0.4, -0.2) is 26.6 Å². The topological polar surface area (TPSA) is 92.7 Å². The second kappa shape index (κ2) is 8.54. The van der Waals surface area contributed by atoms with Gasteiger partial charge in [-0.25, -0.2) is 13.2 Å². The van der Waals surface area contributed by atoms with E-state index >= 15 is 0 Å². The van der Waals surface area contributed by atoms with Crippen LogP contribution in [0.4, 0.5) is 18.9 Å². The van der Waals surface area contributed by atoms with Gasteiger partial charge < -0.3 is 9.84 Å². The molecule has 0 heterocycles. The van der Waals surface area contributed by atoms with E-state index in [0.717, 1.165) is 29.8 Å². The summed E-state index contributed by atoms with van der Waals surface area (Å²) in [6, 6.07) is 12.8. The maximum Gasteiger partial charge on any atom is 0.416 e. The quantitative estimate of drug-likeness (QED) is 0.523. The molecular weight excluding hydrogens is 447 g/mol. The van der Waals surface area contributed by atoms with Gasteiger partial charge in [0.1, 0.15) is 10.6 Å². The van der Waals surface area contributed by atoms with Crippen LogP contribution in [0, 0.1) is 6.92 Å². The van der Waals surface area contributed by atoms with Gasteiger partial charge in [-0.1, -0.05) is 35.9 Å². The first-order valence-electron chi connectivity index (χ1n) is 9.15. The van der Waals surface area contributed by atoms with Gasteiger partial charge in [-0.2, -0.15) is 13.2 Å². The summed E-state index contributed by atoms with van der Waals surface area (Å²) < 4.78 is 73.4. The number of methoxy groups -OCH3 is 1. The molecule has 0 saturated carbocycles. The first kappa shape index (κ1) is 23.1. The number of carbonyl (C=O) groups is 1. The lowest BCUT2D eigenvalue weighted by Crippen LogP contribution is -2.16. The number of carboxylic acids is 1. The van der Waals surface area contributed by atoms with Gasteiger partial charge in [0, 0.05) is 5.56 Å². The SMILES string of the molecule is COc1ccc(C(=O)O)cc1S(=O)(=O)Nc1cc(C(F)(F)F)ccc1-c1cccc(C)c1. The molecule has 2 N–H and O–H groups in total. The van der Waals surface area contributed by atoms with Crippen molar-refractivity contribution in [3.63, 3.8) is 0 Å². The van der Waals surface area contributed by atoms with Crippen LogP contribution in [0.15, 0.2) is 65.6 Å². The Kier molecular flexibility index (Phi) is 6.18. The molecule has 10 heteroatoms. The van der Waals surface area contributed by atoms with E-state index < -0.39 is 32.6 Å². The molecule has 0 aliphatic carbocycles. The standard InChI is InChI=1S/C22H18F3NO5S/c1-13-4-3-5-14(10-13)17-8-7-16(22(23,24)25)12-18(17)26-32(29,30)20-11-15(21(27)28)6-9-19(20)31-2/h3-12,26H,1-2H3,(H,27,28). The lowest BCUT2D eigenvalue weighted by molar-refractivity contribution is -0.137. The highest BCUT2D eigenvalue weighted by molar-refractivity contribution is 7.92. The van der Waals surface area contributed by atoms with Crippen molar-refractivity contribution < 1.29 is 36.2 Å². The third kappa shape index (κ3) is 4.86. The highest BCUT2D eigenvalue weighted by Gasteiger charge is 2.32. The van der Waals surface area contributed by atoms with Gasteiger partial charge in [0.25, 0.3) is 10.0 Å². The van der Waals surface area contributed by atoms with Gasteiger partial charge in [-0.15, -0.1) is 0 Å². The van der Waals surface area contributed by atoms with Crippen molar-refractivity contribution >= 4 is 21.7 Å². The Balaban J connectivity index is 2.18. The highest BCUT2D eigenvalue weighted by atomic mass is 32.2. The minimum Gasteiger partial charge on any atom is -0.495 e. The molecule has 0 unspecified atom stereocenters.